The first-order chi connectivity index (χ1) is 13.8. The van der Waals surface area contributed by atoms with Gasteiger partial charge in [0.1, 0.15) is 12.1 Å². The van der Waals surface area contributed by atoms with E-state index >= 15 is 0 Å². The first-order valence-corrected chi connectivity index (χ1v) is 10.2. The topological polar surface area (TPSA) is 69.6 Å². The molecule has 0 spiro atoms. The summed E-state index contributed by atoms with van der Waals surface area (Å²) in [4.78, 5) is 8.79. The Labute approximate surface area is 164 Å². The highest BCUT2D eigenvalue weighted by atomic mass is 15.3. The quantitative estimate of drug-likeness (QED) is 0.563. The smallest absolute Gasteiger partial charge is 0.163 e. The molecule has 5 heteroatoms. The zero-order chi connectivity index (χ0) is 18.9. The normalized spacial score (nSPS) is 15.4. The van der Waals surface area contributed by atoms with Gasteiger partial charge in [0, 0.05) is 13.0 Å². The van der Waals surface area contributed by atoms with Crippen molar-refractivity contribution >= 4 is 27.6 Å². The minimum absolute atomic E-state index is 0.523. The van der Waals surface area contributed by atoms with Crippen LogP contribution in [0, 0.1) is 5.92 Å². The third kappa shape index (κ3) is 3.11. The van der Waals surface area contributed by atoms with Crippen LogP contribution in [0.4, 0.5) is 5.82 Å². The summed E-state index contributed by atoms with van der Waals surface area (Å²) in [6.07, 6.45) is 8.85. The molecule has 0 bridgehead atoms. The molecule has 0 unspecified atom stereocenters. The molecule has 2 heterocycles. The minimum atomic E-state index is 0.523. The first-order valence-electron chi connectivity index (χ1n) is 10.2. The molecule has 2 aromatic heterocycles. The van der Waals surface area contributed by atoms with E-state index in [-0.39, 0.29) is 0 Å². The van der Waals surface area contributed by atoms with Crippen molar-refractivity contribution in [2.24, 2.45) is 5.92 Å². The Hall–Kier alpha value is -2.95. The van der Waals surface area contributed by atoms with Crippen LogP contribution >= 0.6 is 0 Å². The van der Waals surface area contributed by atoms with Gasteiger partial charge >= 0.3 is 0 Å². The molecular weight excluding hydrogens is 346 g/mol. The van der Waals surface area contributed by atoms with Gasteiger partial charge in [-0.15, -0.1) is 0 Å². The summed E-state index contributed by atoms with van der Waals surface area (Å²) in [7, 11) is 0. The average molecular weight is 371 g/mol. The maximum Gasteiger partial charge on any atom is 0.163 e. The summed E-state index contributed by atoms with van der Waals surface area (Å²) < 4.78 is 2.07. The Morgan fingerprint density at radius 1 is 0.964 bits per heavy atom. The fourth-order valence-electron chi connectivity index (χ4n) is 4.60. The lowest BCUT2D eigenvalue weighted by Crippen LogP contribution is -2.15. The largest absolute Gasteiger partial charge is 0.383 e. The van der Waals surface area contributed by atoms with Gasteiger partial charge in [0.25, 0.3) is 0 Å². The minimum Gasteiger partial charge on any atom is -0.383 e. The Morgan fingerprint density at radius 2 is 1.79 bits per heavy atom. The Morgan fingerprint density at radius 3 is 2.68 bits per heavy atom. The average Bonchev–Trinajstić information content (AvgIpc) is 3.07. The molecule has 0 saturated heterocycles. The van der Waals surface area contributed by atoms with Gasteiger partial charge in [-0.1, -0.05) is 61.7 Å². The van der Waals surface area contributed by atoms with Crippen LogP contribution in [0.1, 0.15) is 43.4 Å². The third-order valence-electron chi connectivity index (χ3n) is 6.02. The van der Waals surface area contributed by atoms with Crippen molar-refractivity contribution in [2.75, 3.05) is 5.73 Å². The molecule has 2 N–H and O–H groups in total. The van der Waals surface area contributed by atoms with Crippen LogP contribution in [0.25, 0.3) is 21.8 Å². The van der Waals surface area contributed by atoms with E-state index in [0.29, 0.717) is 11.7 Å². The van der Waals surface area contributed by atoms with Crippen LogP contribution in [0.3, 0.4) is 0 Å². The van der Waals surface area contributed by atoms with E-state index in [1.807, 2.05) is 0 Å². The van der Waals surface area contributed by atoms with Gasteiger partial charge in [-0.2, -0.15) is 5.10 Å². The predicted octanol–water partition coefficient (Wildman–Crippen LogP) is 4.73. The van der Waals surface area contributed by atoms with E-state index in [1.54, 1.807) is 6.33 Å². The summed E-state index contributed by atoms with van der Waals surface area (Å²) in [5, 5.41) is 8.39. The van der Waals surface area contributed by atoms with E-state index in [2.05, 4.69) is 57.1 Å². The number of nitrogens with zero attached hydrogens (tertiary/aromatic N) is 4. The molecule has 1 aliphatic carbocycles. The Kier molecular flexibility index (Phi) is 4.43. The molecule has 1 fully saturated rings. The predicted molar refractivity (Wildman–Crippen MR) is 113 cm³/mol. The van der Waals surface area contributed by atoms with Crippen molar-refractivity contribution in [3.63, 3.8) is 0 Å². The fraction of sp³-hybridized carbons (Fsp3) is 0.348. The lowest BCUT2D eigenvalue weighted by Gasteiger charge is -2.21. The van der Waals surface area contributed by atoms with Crippen molar-refractivity contribution in [3.8, 4) is 0 Å². The molecule has 4 aromatic rings. The second-order valence-electron chi connectivity index (χ2n) is 7.91. The van der Waals surface area contributed by atoms with Crippen molar-refractivity contribution in [1.29, 1.82) is 0 Å². The summed E-state index contributed by atoms with van der Waals surface area (Å²) in [5.41, 5.74) is 9.36. The van der Waals surface area contributed by atoms with Gasteiger partial charge in [-0.05, 0) is 35.1 Å². The van der Waals surface area contributed by atoms with E-state index in [4.69, 9.17) is 10.8 Å². The zero-order valence-electron chi connectivity index (χ0n) is 16.0. The van der Waals surface area contributed by atoms with Crippen molar-refractivity contribution in [2.45, 2.75) is 45.1 Å². The van der Waals surface area contributed by atoms with Gasteiger partial charge in [0.05, 0.1) is 11.1 Å². The van der Waals surface area contributed by atoms with Crippen LogP contribution in [-0.2, 0) is 13.0 Å². The van der Waals surface area contributed by atoms with Gasteiger partial charge in [0.15, 0.2) is 5.65 Å². The molecule has 1 aliphatic rings. The number of anilines is 1. The Balaban J connectivity index is 1.57. The molecule has 0 atom stereocenters. The Bertz CT molecular complexity index is 1120. The van der Waals surface area contributed by atoms with Crippen LogP contribution in [-0.4, -0.2) is 19.7 Å². The number of aromatic nitrogens is 4. The summed E-state index contributed by atoms with van der Waals surface area (Å²) in [6, 6.07) is 14.9. The lowest BCUT2D eigenvalue weighted by atomic mass is 9.89. The number of hydrogen-bond acceptors (Lipinski definition) is 4. The third-order valence-corrected chi connectivity index (χ3v) is 6.02. The van der Waals surface area contributed by atoms with E-state index in [1.165, 1.54) is 48.4 Å². The molecule has 142 valence electrons. The van der Waals surface area contributed by atoms with Crippen molar-refractivity contribution < 1.29 is 0 Å². The second-order valence-corrected chi connectivity index (χ2v) is 7.91. The van der Waals surface area contributed by atoms with Crippen LogP contribution in [0.15, 0.2) is 48.8 Å². The maximum atomic E-state index is 6.27. The highest BCUT2D eigenvalue weighted by molar-refractivity contribution is 5.90. The van der Waals surface area contributed by atoms with Crippen molar-refractivity contribution in [1.82, 2.24) is 19.7 Å². The number of rotatable bonds is 4. The van der Waals surface area contributed by atoms with E-state index < -0.39 is 0 Å². The monoisotopic (exact) mass is 371 g/mol. The highest BCUT2D eigenvalue weighted by Gasteiger charge is 2.20. The van der Waals surface area contributed by atoms with E-state index in [0.717, 1.165) is 29.7 Å². The molecule has 1 saturated carbocycles. The summed E-state index contributed by atoms with van der Waals surface area (Å²) >= 11 is 0. The fourth-order valence-corrected chi connectivity index (χ4v) is 4.60. The molecule has 0 radical (unpaired) electrons. The van der Waals surface area contributed by atoms with Gasteiger partial charge < -0.3 is 5.73 Å². The van der Waals surface area contributed by atoms with Crippen LogP contribution < -0.4 is 5.73 Å². The lowest BCUT2D eigenvalue weighted by molar-refractivity contribution is 0.310. The van der Waals surface area contributed by atoms with Crippen LogP contribution in [0.2, 0.25) is 0 Å². The van der Waals surface area contributed by atoms with E-state index in [9.17, 15) is 0 Å². The maximum absolute atomic E-state index is 6.27. The summed E-state index contributed by atoms with van der Waals surface area (Å²) in [6.45, 7) is 0.919. The molecule has 0 aliphatic heterocycles. The highest BCUT2D eigenvalue weighted by Crippen LogP contribution is 2.29. The van der Waals surface area contributed by atoms with Gasteiger partial charge in [0.2, 0.25) is 0 Å². The molecule has 0 amide bonds. The van der Waals surface area contributed by atoms with Crippen molar-refractivity contribution in [3.05, 3.63) is 60.0 Å². The zero-order valence-corrected chi connectivity index (χ0v) is 16.0. The molecule has 28 heavy (non-hydrogen) atoms. The van der Waals surface area contributed by atoms with Gasteiger partial charge in [-0.3, -0.25) is 0 Å². The number of nitrogens with two attached hydrogens (primary N) is 1. The van der Waals surface area contributed by atoms with Crippen LogP contribution in [0.5, 0.6) is 0 Å². The number of fused-ring (bicyclic) bond motifs is 2. The first kappa shape index (κ1) is 17.2. The standard InChI is InChI=1S/C23H25N5/c24-22-21-20(13-18-11-6-10-17-9-4-5-12-19(17)18)27-28(23(21)26-15-25-22)14-16-7-2-1-3-8-16/h4-6,9-12,15-16H,1-3,7-8,13-14H2,(H2,24,25,26). The molecule has 5 rings (SSSR count). The molecule has 5 nitrogen and oxygen atoms in total. The molecule has 2 aromatic carbocycles. The number of benzene rings is 2. The number of nitrogen functional groups attached to an aromatic ring is 1. The SMILES string of the molecule is Nc1ncnc2c1c(Cc1cccc3ccccc13)nn2CC1CCCCC1. The number of hydrogen-bond donors (Lipinski definition) is 1. The van der Waals surface area contributed by atoms with Gasteiger partial charge in [-0.25, -0.2) is 14.6 Å². The molecular formula is C23H25N5. The summed E-state index contributed by atoms with van der Waals surface area (Å²) in [5.74, 6) is 1.20. The second kappa shape index (κ2) is 7.23.